The highest BCUT2D eigenvalue weighted by atomic mass is 32.1. The van der Waals surface area contributed by atoms with Crippen molar-refractivity contribution in [1.82, 2.24) is 4.90 Å². The van der Waals surface area contributed by atoms with Crippen LogP contribution in [0.5, 0.6) is 0 Å². The molecule has 0 N–H and O–H groups in total. The molecule has 0 fully saturated rings. The van der Waals surface area contributed by atoms with Crippen molar-refractivity contribution in [2.45, 2.75) is 6.42 Å². The summed E-state index contributed by atoms with van der Waals surface area (Å²) >= 11 is 1.27. The molecule has 0 atom stereocenters. The SMILES string of the molecule is CN(CCC#N)C(=O)c1cc2ccc(F)cc2s1. The molecule has 0 unspecified atom stereocenters. The van der Waals surface area contributed by atoms with Crippen LogP contribution in [0.1, 0.15) is 16.1 Å². The first-order valence-electron chi connectivity index (χ1n) is 5.43. The minimum absolute atomic E-state index is 0.133. The average Bonchev–Trinajstić information content (AvgIpc) is 2.77. The zero-order chi connectivity index (χ0) is 13.1. The van der Waals surface area contributed by atoms with Crippen molar-refractivity contribution in [2.24, 2.45) is 0 Å². The summed E-state index contributed by atoms with van der Waals surface area (Å²) in [4.78, 5) is 14.1. The third-order valence-corrected chi connectivity index (χ3v) is 3.68. The third-order valence-electron chi connectivity index (χ3n) is 2.60. The van der Waals surface area contributed by atoms with Gasteiger partial charge in [-0.05, 0) is 23.6 Å². The molecule has 92 valence electrons. The lowest BCUT2D eigenvalue weighted by Gasteiger charge is -2.13. The molecule has 2 rings (SSSR count). The Kier molecular flexibility index (Phi) is 3.58. The molecule has 1 amide bonds. The zero-order valence-electron chi connectivity index (χ0n) is 9.81. The molecule has 0 spiro atoms. The molecule has 1 aromatic carbocycles. The monoisotopic (exact) mass is 262 g/mol. The summed E-state index contributed by atoms with van der Waals surface area (Å²) in [7, 11) is 1.66. The first kappa shape index (κ1) is 12.5. The quantitative estimate of drug-likeness (QED) is 0.853. The maximum atomic E-state index is 13.0. The Morgan fingerprint density at radius 1 is 1.50 bits per heavy atom. The van der Waals surface area contributed by atoms with Gasteiger partial charge in [0.1, 0.15) is 5.82 Å². The molecule has 1 aromatic heterocycles. The lowest BCUT2D eigenvalue weighted by atomic mass is 10.2. The summed E-state index contributed by atoms with van der Waals surface area (Å²) in [5, 5.41) is 9.35. The van der Waals surface area contributed by atoms with Gasteiger partial charge in [0.25, 0.3) is 5.91 Å². The van der Waals surface area contributed by atoms with E-state index in [0.29, 0.717) is 17.8 Å². The van der Waals surface area contributed by atoms with E-state index in [2.05, 4.69) is 0 Å². The van der Waals surface area contributed by atoms with Crippen LogP contribution >= 0.6 is 11.3 Å². The lowest BCUT2D eigenvalue weighted by Crippen LogP contribution is -2.26. The number of benzene rings is 1. The number of hydrogen-bond acceptors (Lipinski definition) is 3. The summed E-state index contributed by atoms with van der Waals surface area (Å²) in [5.41, 5.74) is 0. The number of carbonyl (C=O) groups excluding carboxylic acids is 1. The van der Waals surface area contributed by atoms with Gasteiger partial charge in [-0.2, -0.15) is 5.26 Å². The van der Waals surface area contributed by atoms with Crippen molar-refractivity contribution in [3.63, 3.8) is 0 Å². The number of nitriles is 1. The van der Waals surface area contributed by atoms with Gasteiger partial charge in [-0.3, -0.25) is 4.79 Å². The van der Waals surface area contributed by atoms with E-state index < -0.39 is 0 Å². The highest BCUT2D eigenvalue weighted by molar-refractivity contribution is 7.20. The molecule has 0 radical (unpaired) electrons. The number of carbonyl (C=O) groups is 1. The molecule has 0 aliphatic carbocycles. The number of rotatable bonds is 3. The molecule has 2 aromatic rings. The van der Waals surface area contributed by atoms with Gasteiger partial charge in [-0.1, -0.05) is 6.07 Å². The Hall–Kier alpha value is -1.93. The van der Waals surface area contributed by atoms with Gasteiger partial charge >= 0.3 is 0 Å². The largest absolute Gasteiger partial charge is 0.340 e. The molecule has 0 aliphatic rings. The van der Waals surface area contributed by atoms with E-state index in [4.69, 9.17) is 5.26 Å². The maximum absolute atomic E-state index is 13.0. The second-order valence-corrected chi connectivity index (χ2v) is 5.01. The molecule has 0 aliphatic heterocycles. The Balaban J connectivity index is 2.26. The molecule has 1 heterocycles. The fraction of sp³-hybridized carbons (Fsp3) is 0.231. The number of thiophene rings is 1. The molecular weight excluding hydrogens is 251 g/mol. The van der Waals surface area contributed by atoms with Crippen molar-refractivity contribution in [2.75, 3.05) is 13.6 Å². The van der Waals surface area contributed by atoms with Crippen molar-refractivity contribution in [1.29, 1.82) is 5.26 Å². The minimum atomic E-state index is -0.304. The van der Waals surface area contributed by atoms with Crippen LogP contribution in [-0.2, 0) is 0 Å². The van der Waals surface area contributed by atoms with E-state index in [1.165, 1.54) is 28.4 Å². The predicted molar refractivity (Wildman–Crippen MR) is 69.0 cm³/mol. The van der Waals surface area contributed by atoms with E-state index in [0.717, 1.165) is 10.1 Å². The van der Waals surface area contributed by atoms with Gasteiger partial charge in [-0.25, -0.2) is 4.39 Å². The number of nitrogens with zero attached hydrogens (tertiary/aromatic N) is 2. The van der Waals surface area contributed by atoms with Gasteiger partial charge in [0.2, 0.25) is 0 Å². The van der Waals surface area contributed by atoms with Crippen LogP contribution in [-0.4, -0.2) is 24.4 Å². The fourth-order valence-electron chi connectivity index (χ4n) is 1.62. The summed E-state index contributed by atoms with van der Waals surface area (Å²) in [6.45, 7) is 0.401. The van der Waals surface area contributed by atoms with Gasteiger partial charge < -0.3 is 4.90 Å². The predicted octanol–water partition coefficient (Wildman–Crippen LogP) is 3.03. The van der Waals surface area contributed by atoms with Crippen molar-refractivity contribution in [3.8, 4) is 6.07 Å². The summed E-state index contributed by atoms with van der Waals surface area (Å²) < 4.78 is 13.8. The fourth-order valence-corrected chi connectivity index (χ4v) is 2.70. The Morgan fingerprint density at radius 2 is 2.28 bits per heavy atom. The minimum Gasteiger partial charge on any atom is -0.340 e. The Bertz CT molecular complexity index is 629. The van der Waals surface area contributed by atoms with Gasteiger partial charge in [0.05, 0.1) is 17.4 Å². The Labute approximate surface area is 108 Å². The van der Waals surface area contributed by atoms with Crippen molar-refractivity contribution >= 4 is 27.3 Å². The topological polar surface area (TPSA) is 44.1 Å². The first-order valence-corrected chi connectivity index (χ1v) is 6.25. The van der Waals surface area contributed by atoms with Crippen LogP contribution in [0.3, 0.4) is 0 Å². The molecular formula is C13H11FN2OS. The third kappa shape index (κ3) is 2.49. The van der Waals surface area contributed by atoms with E-state index in [1.807, 2.05) is 6.07 Å². The lowest BCUT2D eigenvalue weighted by molar-refractivity contribution is 0.0803. The maximum Gasteiger partial charge on any atom is 0.263 e. The number of amides is 1. The van der Waals surface area contributed by atoms with Crippen LogP contribution in [0.15, 0.2) is 24.3 Å². The Morgan fingerprint density at radius 3 is 3.00 bits per heavy atom. The van der Waals surface area contributed by atoms with Crippen LogP contribution in [0, 0.1) is 17.1 Å². The van der Waals surface area contributed by atoms with E-state index >= 15 is 0 Å². The van der Waals surface area contributed by atoms with Crippen LogP contribution in [0.2, 0.25) is 0 Å². The highest BCUT2D eigenvalue weighted by Crippen LogP contribution is 2.27. The van der Waals surface area contributed by atoms with Crippen LogP contribution in [0.4, 0.5) is 4.39 Å². The molecule has 3 nitrogen and oxygen atoms in total. The second-order valence-electron chi connectivity index (χ2n) is 3.93. The molecule has 5 heteroatoms. The standard InChI is InChI=1S/C13H11FN2OS/c1-16(6-2-5-15)13(17)12-7-9-3-4-10(14)8-11(9)18-12/h3-4,7-8H,2,6H2,1H3. The molecule has 0 bridgehead atoms. The summed E-state index contributed by atoms with van der Waals surface area (Å²) in [5.74, 6) is -0.437. The van der Waals surface area contributed by atoms with Gasteiger partial charge in [0.15, 0.2) is 0 Å². The number of hydrogen-bond donors (Lipinski definition) is 0. The van der Waals surface area contributed by atoms with E-state index in [9.17, 15) is 9.18 Å². The molecule has 0 saturated carbocycles. The van der Waals surface area contributed by atoms with Crippen molar-refractivity contribution in [3.05, 3.63) is 35.0 Å². The molecule has 0 saturated heterocycles. The van der Waals surface area contributed by atoms with Gasteiger partial charge in [0, 0.05) is 18.3 Å². The highest BCUT2D eigenvalue weighted by Gasteiger charge is 2.14. The summed E-state index contributed by atoms with van der Waals surface area (Å²) in [6.07, 6.45) is 0.307. The average molecular weight is 262 g/mol. The molecule has 18 heavy (non-hydrogen) atoms. The smallest absolute Gasteiger partial charge is 0.263 e. The first-order chi connectivity index (χ1) is 8.61. The second kappa shape index (κ2) is 5.15. The van der Waals surface area contributed by atoms with E-state index in [1.54, 1.807) is 19.2 Å². The van der Waals surface area contributed by atoms with Gasteiger partial charge in [-0.15, -0.1) is 11.3 Å². The zero-order valence-corrected chi connectivity index (χ0v) is 10.6. The number of halogens is 1. The van der Waals surface area contributed by atoms with Crippen molar-refractivity contribution < 1.29 is 9.18 Å². The van der Waals surface area contributed by atoms with Crippen LogP contribution < -0.4 is 0 Å². The number of fused-ring (bicyclic) bond motifs is 1. The van der Waals surface area contributed by atoms with Crippen LogP contribution in [0.25, 0.3) is 10.1 Å². The summed E-state index contributed by atoms with van der Waals surface area (Å²) in [6, 6.07) is 8.21. The van der Waals surface area contributed by atoms with E-state index in [-0.39, 0.29) is 11.7 Å². The normalized spacial score (nSPS) is 10.3.